The molecule has 1 amide bonds. The van der Waals surface area contributed by atoms with Gasteiger partial charge in [0.1, 0.15) is 11.4 Å². The zero-order valence-electron chi connectivity index (χ0n) is 13.5. The van der Waals surface area contributed by atoms with Crippen molar-refractivity contribution in [2.24, 2.45) is 0 Å². The summed E-state index contributed by atoms with van der Waals surface area (Å²) in [5.41, 5.74) is 1.76. The number of aryl methyl sites for hydroxylation is 1. The summed E-state index contributed by atoms with van der Waals surface area (Å²) in [6, 6.07) is 6.03. The van der Waals surface area contributed by atoms with Crippen molar-refractivity contribution >= 4 is 12.2 Å². The van der Waals surface area contributed by atoms with Gasteiger partial charge >= 0.3 is 6.09 Å². The first-order valence-electron chi connectivity index (χ1n) is 7.10. The minimum atomic E-state index is -0.463. The molecule has 0 saturated heterocycles. The van der Waals surface area contributed by atoms with Gasteiger partial charge in [-0.25, -0.2) is 4.79 Å². The van der Waals surface area contributed by atoms with Crippen LogP contribution >= 0.6 is 0 Å². The minimum absolute atomic E-state index is 0.385. The summed E-state index contributed by atoms with van der Waals surface area (Å²) in [7, 11) is 1.66. The molecule has 1 aromatic carbocycles. The molecule has 0 atom stereocenters. The molecule has 21 heavy (non-hydrogen) atoms. The predicted molar refractivity (Wildman–Crippen MR) is 85.6 cm³/mol. The number of rotatable bonds is 5. The Morgan fingerprint density at radius 2 is 2.05 bits per heavy atom. The number of amides is 1. The maximum absolute atomic E-state index is 11.5. The highest BCUT2D eigenvalue weighted by Crippen LogP contribution is 2.21. The van der Waals surface area contributed by atoms with Crippen molar-refractivity contribution in [2.45, 2.75) is 39.7 Å². The lowest BCUT2D eigenvalue weighted by molar-refractivity contribution is 0.0529. The molecule has 116 valence electrons. The molecule has 1 N–H and O–H groups in total. The molecule has 0 aliphatic heterocycles. The van der Waals surface area contributed by atoms with E-state index in [1.54, 1.807) is 7.11 Å². The summed E-state index contributed by atoms with van der Waals surface area (Å²) in [4.78, 5) is 11.5. The van der Waals surface area contributed by atoms with Crippen molar-refractivity contribution in [3.63, 3.8) is 0 Å². The largest absolute Gasteiger partial charge is 0.496 e. The van der Waals surface area contributed by atoms with Crippen molar-refractivity contribution in [2.75, 3.05) is 13.7 Å². The zero-order chi connectivity index (χ0) is 15.9. The SMILES string of the molecule is COc1ccc(C)cc1C=CCCNC(=O)OC(C)(C)C. The van der Waals surface area contributed by atoms with E-state index in [0.29, 0.717) is 6.54 Å². The topological polar surface area (TPSA) is 47.6 Å². The lowest BCUT2D eigenvalue weighted by Crippen LogP contribution is -2.32. The van der Waals surface area contributed by atoms with Crippen LogP contribution in [0.25, 0.3) is 6.08 Å². The summed E-state index contributed by atoms with van der Waals surface area (Å²) in [6.07, 6.45) is 4.36. The number of methoxy groups -OCH3 is 1. The van der Waals surface area contributed by atoms with Crippen LogP contribution in [0.5, 0.6) is 5.75 Å². The first-order chi connectivity index (χ1) is 9.81. The lowest BCUT2D eigenvalue weighted by Gasteiger charge is -2.19. The molecule has 0 aromatic heterocycles. The number of ether oxygens (including phenoxy) is 2. The van der Waals surface area contributed by atoms with Crippen molar-refractivity contribution in [1.29, 1.82) is 0 Å². The highest BCUT2D eigenvalue weighted by atomic mass is 16.6. The van der Waals surface area contributed by atoms with Crippen LogP contribution in [0.4, 0.5) is 4.79 Å². The lowest BCUT2D eigenvalue weighted by atomic mass is 10.1. The number of nitrogens with one attached hydrogen (secondary N) is 1. The van der Waals surface area contributed by atoms with Gasteiger partial charge in [-0.15, -0.1) is 0 Å². The summed E-state index contributed by atoms with van der Waals surface area (Å²) < 4.78 is 10.5. The molecule has 0 unspecified atom stereocenters. The first-order valence-corrected chi connectivity index (χ1v) is 7.10. The number of hydrogen-bond acceptors (Lipinski definition) is 3. The highest BCUT2D eigenvalue weighted by molar-refractivity contribution is 5.67. The number of hydrogen-bond donors (Lipinski definition) is 1. The average Bonchev–Trinajstić information content (AvgIpc) is 2.36. The van der Waals surface area contributed by atoms with Gasteiger partial charge in [-0.2, -0.15) is 0 Å². The van der Waals surface area contributed by atoms with Gasteiger partial charge in [0.2, 0.25) is 0 Å². The zero-order valence-corrected chi connectivity index (χ0v) is 13.5. The maximum atomic E-state index is 11.5. The standard InChI is InChI=1S/C17H25NO3/c1-13-9-10-15(20-5)14(12-13)8-6-7-11-18-16(19)21-17(2,3)4/h6,8-10,12H,7,11H2,1-5H3,(H,18,19). The normalized spacial score (nSPS) is 11.5. The fraction of sp³-hybridized carbons (Fsp3) is 0.471. The third kappa shape index (κ3) is 6.84. The minimum Gasteiger partial charge on any atom is -0.496 e. The van der Waals surface area contributed by atoms with Gasteiger partial charge in [0.25, 0.3) is 0 Å². The molecule has 0 bridgehead atoms. The maximum Gasteiger partial charge on any atom is 0.407 e. The number of benzene rings is 1. The molecule has 0 aliphatic rings. The van der Waals surface area contributed by atoms with Gasteiger partial charge < -0.3 is 14.8 Å². The van der Waals surface area contributed by atoms with E-state index in [-0.39, 0.29) is 6.09 Å². The molecule has 1 aromatic rings. The molecule has 4 heteroatoms. The number of carbonyl (C=O) groups is 1. The monoisotopic (exact) mass is 291 g/mol. The van der Waals surface area contributed by atoms with Crippen LogP contribution in [0.3, 0.4) is 0 Å². The van der Waals surface area contributed by atoms with E-state index < -0.39 is 5.60 Å². The summed E-state index contributed by atoms with van der Waals surface area (Å²) in [5.74, 6) is 0.844. The van der Waals surface area contributed by atoms with Crippen LogP contribution in [0.2, 0.25) is 0 Å². The molecule has 0 heterocycles. The Bertz CT molecular complexity index is 501. The predicted octanol–water partition coefficient (Wildman–Crippen LogP) is 3.93. The van der Waals surface area contributed by atoms with E-state index >= 15 is 0 Å². The third-order valence-corrected chi connectivity index (χ3v) is 2.66. The van der Waals surface area contributed by atoms with Crippen LogP contribution < -0.4 is 10.1 Å². The van der Waals surface area contributed by atoms with Gasteiger partial charge in [-0.3, -0.25) is 0 Å². The second-order valence-corrected chi connectivity index (χ2v) is 5.87. The molecule has 0 aliphatic carbocycles. The van der Waals surface area contributed by atoms with Crippen molar-refractivity contribution < 1.29 is 14.3 Å². The summed E-state index contributed by atoms with van der Waals surface area (Å²) in [6.45, 7) is 8.11. The molecule has 0 saturated carbocycles. The second kappa shape index (κ2) is 7.72. The van der Waals surface area contributed by atoms with Crippen molar-refractivity contribution in [3.05, 3.63) is 35.4 Å². The van der Waals surface area contributed by atoms with Crippen LogP contribution in [0.1, 0.15) is 38.3 Å². The van der Waals surface area contributed by atoms with Gasteiger partial charge in [0.05, 0.1) is 7.11 Å². The van der Waals surface area contributed by atoms with Crippen LogP contribution in [0.15, 0.2) is 24.3 Å². The van der Waals surface area contributed by atoms with E-state index in [1.165, 1.54) is 5.56 Å². The quantitative estimate of drug-likeness (QED) is 0.836. The number of carbonyl (C=O) groups excluding carboxylic acids is 1. The van der Waals surface area contributed by atoms with Crippen molar-refractivity contribution in [1.82, 2.24) is 5.32 Å². The van der Waals surface area contributed by atoms with Crippen molar-refractivity contribution in [3.8, 4) is 5.75 Å². The van der Waals surface area contributed by atoms with Gasteiger partial charge in [0, 0.05) is 12.1 Å². The molecule has 0 fully saturated rings. The molecule has 0 spiro atoms. The average molecular weight is 291 g/mol. The molecular formula is C17H25NO3. The third-order valence-electron chi connectivity index (χ3n) is 2.66. The first kappa shape index (κ1) is 17.1. The smallest absolute Gasteiger partial charge is 0.407 e. The second-order valence-electron chi connectivity index (χ2n) is 5.87. The molecular weight excluding hydrogens is 266 g/mol. The Kier molecular flexibility index (Phi) is 6.28. The van der Waals surface area contributed by atoms with E-state index in [2.05, 4.69) is 11.4 Å². The number of alkyl carbamates (subject to hydrolysis) is 1. The fourth-order valence-electron chi connectivity index (χ4n) is 1.77. The Labute approximate surface area is 127 Å². The van der Waals surface area contributed by atoms with Gasteiger partial charge in [0.15, 0.2) is 0 Å². The highest BCUT2D eigenvalue weighted by Gasteiger charge is 2.15. The molecule has 4 nitrogen and oxygen atoms in total. The Morgan fingerprint density at radius 1 is 1.33 bits per heavy atom. The van der Waals surface area contributed by atoms with Gasteiger partial charge in [-0.1, -0.05) is 23.8 Å². The van der Waals surface area contributed by atoms with E-state index in [0.717, 1.165) is 17.7 Å². The van der Waals surface area contributed by atoms with Crippen LogP contribution in [-0.2, 0) is 4.74 Å². The summed E-state index contributed by atoms with van der Waals surface area (Å²) in [5, 5.41) is 2.72. The van der Waals surface area contributed by atoms with E-state index in [1.807, 2.05) is 52.0 Å². The van der Waals surface area contributed by atoms with Crippen LogP contribution in [0, 0.1) is 6.92 Å². The van der Waals surface area contributed by atoms with Crippen LogP contribution in [-0.4, -0.2) is 25.3 Å². The Hall–Kier alpha value is -1.97. The molecule has 0 radical (unpaired) electrons. The fourth-order valence-corrected chi connectivity index (χ4v) is 1.77. The Morgan fingerprint density at radius 3 is 2.67 bits per heavy atom. The Balaban J connectivity index is 2.42. The summed E-state index contributed by atoms with van der Waals surface area (Å²) >= 11 is 0. The van der Waals surface area contributed by atoms with Gasteiger partial charge in [-0.05, 0) is 46.2 Å². The molecule has 1 rings (SSSR count). The van der Waals surface area contributed by atoms with E-state index in [4.69, 9.17) is 9.47 Å². The van der Waals surface area contributed by atoms with E-state index in [9.17, 15) is 4.79 Å².